The van der Waals surface area contributed by atoms with E-state index in [9.17, 15) is 0 Å². The normalized spacial score (nSPS) is 12.9. The average molecular weight is 259 g/mol. The summed E-state index contributed by atoms with van der Waals surface area (Å²) in [4.78, 5) is 0. The maximum absolute atomic E-state index is 4.01. The van der Waals surface area contributed by atoms with E-state index in [2.05, 4.69) is 29.4 Å². The molecule has 5 heteroatoms. The van der Waals surface area contributed by atoms with E-state index in [1.807, 2.05) is 11.8 Å². The van der Waals surface area contributed by atoms with Gasteiger partial charge in [0.25, 0.3) is 0 Å². The van der Waals surface area contributed by atoms with E-state index in [-0.39, 0.29) is 0 Å². The van der Waals surface area contributed by atoms with Gasteiger partial charge in [0.05, 0.1) is 0 Å². The van der Waals surface area contributed by atoms with Crippen LogP contribution in [0.4, 0.5) is 0 Å². The SMILES string of the molecule is CCCNC(C)CCCCSc1nncs1. The van der Waals surface area contributed by atoms with Gasteiger partial charge < -0.3 is 5.32 Å². The second kappa shape index (κ2) is 8.96. The summed E-state index contributed by atoms with van der Waals surface area (Å²) in [5.74, 6) is 1.16. The molecule has 0 aliphatic heterocycles. The molecule has 0 amide bonds. The van der Waals surface area contributed by atoms with Crippen LogP contribution in [0.15, 0.2) is 9.85 Å². The summed E-state index contributed by atoms with van der Waals surface area (Å²) < 4.78 is 1.09. The van der Waals surface area contributed by atoms with E-state index in [0.717, 1.165) is 16.6 Å². The van der Waals surface area contributed by atoms with Crippen molar-refractivity contribution in [3.63, 3.8) is 0 Å². The first kappa shape index (κ1) is 13.9. The van der Waals surface area contributed by atoms with Crippen molar-refractivity contribution in [1.29, 1.82) is 0 Å². The lowest BCUT2D eigenvalue weighted by Gasteiger charge is -2.12. The highest BCUT2D eigenvalue weighted by molar-refractivity contribution is 8.00. The lowest BCUT2D eigenvalue weighted by atomic mass is 10.1. The Kier molecular flexibility index (Phi) is 7.80. The maximum atomic E-state index is 4.01. The standard InChI is InChI=1S/C11H21N3S2/c1-3-7-12-10(2)6-4-5-8-15-11-14-13-9-16-11/h9-10,12H,3-8H2,1-2H3. The summed E-state index contributed by atoms with van der Waals surface area (Å²) in [5, 5.41) is 11.3. The molecule has 0 saturated carbocycles. The molecule has 1 aromatic heterocycles. The fourth-order valence-electron chi connectivity index (χ4n) is 1.43. The monoisotopic (exact) mass is 259 g/mol. The van der Waals surface area contributed by atoms with Crippen molar-refractivity contribution < 1.29 is 0 Å². The van der Waals surface area contributed by atoms with E-state index in [1.165, 1.54) is 25.7 Å². The molecule has 1 unspecified atom stereocenters. The third kappa shape index (κ3) is 6.45. The fourth-order valence-corrected chi connectivity index (χ4v) is 2.99. The topological polar surface area (TPSA) is 37.8 Å². The van der Waals surface area contributed by atoms with Crippen LogP contribution in [-0.4, -0.2) is 28.5 Å². The molecule has 0 bridgehead atoms. The molecule has 1 heterocycles. The van der Waals surface area contributed by atoms with Gasteiger partial charge in [0, 0.05) is 11.8 Å². The minimum atomic E-state index is 0.659. The van der Waals surface area contributed by atoms with Crippen molar-refractivity contribution in [1.82, 2.24) is 15.5 Å². The fraction of sp³-hybridized carbons (Fsp3) is 0.818. The zero-order valence-corrected chi connectivity index (χ0v) is 11.7. The largest absolute Gasteiger partial charge is 0.314 e. The number of aromatic nitrogens is 2. The number of nitrogens with one attached hydrogen (secondary N) is 1. The van der Waals surface area contributed by atoms with Crippen LogP contribution in [0.25, 0.3) is 0 Å². The molecule has 0 aromatic carbocycles. The first-order chi connectivity index (χ1) is 7.83. The van der Waals surface area contributed by atoms with Crippen molar-refractivity contribution in [2.24, 2.45) is 0 Å². The van der Waals surface area contributed by atoms with Crippen LogP contribution in [-0.2, 0) is 0 Å². The predicted molar refractivity (Wildman–Crippen MR) is 72.2 cm³/mol. The lowest BCUT2D eigenvalue weighted by molar-refractivity contribution is 0.496. The predicted octanol–water partition coefficient (Wildman–Crippen LogP) is 3.19. The van der Waals surface area contributed by atoms with E-state index in [1.54, 1.807) is 16.8 Å². The van der Waals surface area contributed by atoms with Gasteiger partial charge >= 0.3 is 0 Å². The molecule has 1 atom stereocenters. The van der Waals surface area contributed by atoms with Gasteiger partial charge in [-0.05, 0) is 32.7 Å². The average Bonchev–Trinajstić information content (AvgIpc) is 2.79. The molecule has 0 fully saturated rings. The van der Waals surface area contributed by atoms with E-state index >= 15 is 0 Å². The Morgan fingerprint density at radius 1 is 1.50 bits per heavy atom. The van der Waals surface area contributed by atoms with Crippen LogP contribution in [0.2, 0.25) is 0 Å². The molecule has 1 N–H and O–H groups in total. The summed E-state index contributed by atoms with van der Waals surface area (Å²) in [5.41, 5.74) is 1.79. The first-order valence-electron chi connectivity index (χ1n) is 5.95. The Labute approximate surface area is 106 Å². The summed E-state index contributed by atoms with van der Waals surface area (Å²) in [6.45, 7) is 5.62. The highest BCUT2D eigenvalue weighted by atomic mass is 32.2. The third-order valence-corrected chi connectivity index (χ3v) is 4.29. The van der Waals surface area contributed by atoms with E-state index in [0.29, 0.717) is 6.04 Å². The van der Waals surface area contributed by atoms with Crippen molar-refractivity contribution in [3.05, 3.63) is 5.51 Å². The van der Waals surface area contributed by atoms with Crippen molar-refractivity contribution >= 4 is 23.1 Å². The lowest BCUT2D eigenvalue weighted by Crippen LogP contribution is -2.26. The summed E-state index contributed by atoms with van der Waals surface area (Å²) in [7, 11) is 0. The maximum Gasteiger partial charge on any atom is 0.174 e. The van der Waals surface area contributed by atoms with E-state index in [4.69, 9.17) is 0 Å². The molecule has 16 heavy (non-hydrogen) atoms. The van der Waals surface area contributed by atoms with Gasteiger partial charge in [-0.3, -0.25) is 0 Å². The molecule has 0 saturated heterocycles. The third-order valence-electron chi connectivity index (χ3n) is 2.34. The molecular weight excluding hydrogens is 238 g/mol. The Balaban J connectivity index is 1.91. The summed E-state index contributed by atoms with van der Waals surface area (Å²) in [6.07, 6.45) is 5.06. The number of thioether (sulfide) groups is 1. The molecule has 0 aliphatic carbocycles. The Bertz CT molecular complexity index is 252. The van der Waals surface area contributed by atoms with Crippen molar-refractivity contribution in [2.75, 3.05) is 12.3 Å². The summed E-state index contributed by atoms with van der Waals surface area (Å²) in [6, 6.07) is 0.659. The molecule has 0 radical (unpaired) electrons. The smallest absolute Gasteiger partial charge is 0.174 e. The number of hydrogen-bond acceptors (Lipinski definition) is 5. The minimum Gasteiger partial charge on any atom is -0.314 e. The van der Waals surface area contributed by atoms with Gasteiger partial charge in [-0.2, -0.15) is 0 Å². The van der Waals surface area contributed by atoms with Crippen LogP contribution in [0, 0.1) is 0 Å². The number of unbranched alkanes of at least 4 members (excludes halogenated alkanes) is 1. The number of nitrogens with zero attached hydrogens (tertiary/aromatic N) is 2. The van der Waals surface area contributed by atoms with Gasteiger partial charge in [-0.1, -0.05) is 36.4 Å². The zero-order valence-electron chi connectivity index (χ0n) is 10.1. The van der Waals surface area contributed by atoms with Crippen molar-refractivity contribution in [3.8, 4) is 0 Å². The second-order valence-electron chi connectivity index (χ2n) is 3.90. The van der Waals surface area contributed by atoms with Crippen LogP contribution < -0.4 is 5.32 Å². The number of hydrogen-bond donors (Lipinski definition) is 1. The van der Waals surface area contributed by atoms with Gasteiger partial charge in [0.1, 0.15) is 5.51 Å². The van der Waals surface area contributed by atoms with Crippen molar-refractivity contribution in [2.45, 2.75) is 49.9 Å². The Morgan fingerprint density at radius 2 is 2.38 bits per heavy atom. The van der Waals surface area contributed by atoms with Gasteiger partial charge in [0.15, 0.2) is 4.34 Å². The quantitative estimate of drug-likeness (QED) is 0.546. The van der Waals surface area contributed by atoms with Gasteiger partial charge in [-0.15, -0.1) is 10.2 Å². The molecule has 1 rings (SSSR count). The second-order valence-corrected chi connectivity index (χ2v) is 6.08. The van der Waals surface area contributed by atoms with E-state index < -0.39 is 0 Å². The molecule has 3 nitrogen and oxygen atoms in total. The highest BCUT2D eigenvalue weighted by Gasteiger charge is 2.01. The first-order valence-corrected chi connectivity index (χ1v) is 7.81. The molecular formula is C11H21N3S2. The Morgan fingerprint density at radius 3 is 3.06 bits per heavy atom. The van der Waals surface area contributed by atoms with Crippen LogP contribution >= 0.6 is 23.1 Å². The van der Waals surface area contributed by atoms with Crippen LogP contribution in [0.1, 0.15) is 39.5 Å². The number of rotatable bonds is 9. The van der Waals surface area contributed by atoms with Crippen LogP contribution in [0.3, 0.4) is 0 Å². The Hall–Kier alpha value is -0.130. The minimum absolute atomic E-state index is 0.659. The molecule has 0 spiro atoms. The molecule has 92 valence electrons. The van der Waals surface area contributed by atoms with Gasteiger partial charge in [-0.25, -0.2) is 0 Å². The summed E-state index contributed by atoms with van der Waals surface area (Å²) >= 11 is 3.45. The highest BCUT2D eigenvalue weighted by Crippen LogP contribution is 2.20. The zero-order chi connectivity index (χ0) is 11.6. The molecule has 0 aliphatic rings. The van der Waals surface area contributed by atoms with Crippen LogP contribution in [0.5, 0.6) is 0 Å². The van der Waals surface area contributed by atoms with Gasteiger partial charge in [0.2, 0.25) is 0 Å². The molecule has 1 aromatic rings.